The highest BCUT2D eigenvalue weighted by Gasteiger charge is 2.24. The molecule has 1 aromatic carbocycles. The van der Waals surface area contributed by atoms with Gasteiger partial charge >= 0.3 is 5.97 Å². The molecule has 0 unspecified atom stereocenters. The van der Waals surface area contributed by atoms with Crippen LogP contribution in [0.15, 0.2) is 28.8 Å². The van der Waals surface area contributed by atoms with E-state index in [-0.39, 0.29) is 5.56 Å². The van der Waals surface area contributed by atoms with Gasteiger partial charge in [0.2, 0.25) is 0 Å². The second kappa shape index (κ2) is 6.62. The third kappa shape index (κ3) is 3.65. The first-order chi connectivity index (χ1) is 10.4. The molecule has 0 aliphatic carbocycles. The summed E-state index contributed by atoms with van der Waals surface area (Å²) in [5.41, 5.74) is 1.19. The molecule has 0 saturated carbocycles. The summed E-state index contributed by atoms with van der Waals surface area (Å²) >= 11 is 5.84. The number of hydrogen-bond donors (Lipinski definition) is 1. The molecular formula is C15H15ClN2O4. The molecule has 0 spiro atoms. The maximum Gasteiger partial charge on any atom is 0.344 e. The fraction of sp³-hybridized carbons (Fsp3) is 0.267. The zero-order valence-corrected chi connectivity index (χ0v) is 13.1. The van der Waals surface area contributed by atoms with Crippen molar-refractivity contribution in [3.8, 4) is 0 Å². The van der Waals surface area contributed by atoms with Crippen molar-refractivity contribution in [3.05, 3.63) is 46.3 Å². The molecular weight excluding hydrogens is 308 g/mol. The van der Waals surface area contributed by atoms with Gasteiger partial charge in [0.1, 0.15) is 11.3 Å². The van der Waals surface area contributed by atoms with Crippen molar-refractivity contribution in [2.75, 3.05) is 5.32 Å². The summed E-state index contributed by atoms with van der Waals surface area (Å²) in [6.45, 7) is 4.72. The van der Waals surface area contributed by atoms with E-state index in [4.69, 9.17) is 20.9 Å². The maximum absolute atomic E-state index is 12.0. The Morgan fingerprint density at radius 1 is 1.36 bits per heavy atom. The van der Waals surface area contributed by atoms with E-state index in [9.17, 15) is 9.59 Å². The zero-order chi connectivity index (χ0) is 16.3. The first kappa shape index (κ1) is 16.0. The molecule has 7 heteroatoms. The topological polar surface area (TPSA) is 81.4 Å². The van der Waals surface area contributed by atoms with Gasteiger partial charge in [0.25, 0.3) is 5.91 Å². The van der Waals surface area contributed by atoms with E-state index in [0.717, 1.165) is 0 Å². The molecule has 116 valence electrons. The summed E-state index contributed by atoms with van der Waals surface area (Å²) in [7, 11) is 0. The highest BCUT2D eigenvalue weighted by atomic mass is 35.5. The predicted octanol–water partition coefficient (Wildman–Crippen LogP) is 3.13. The Bertz CT molecular complexity index is 692. The fourth-order valence-corrected chi connectivity index (χ4v) is 2.05. The molecule has 1 aromatic heterocycles. The fourth-order valence-electron chi connectivity index (χ4n) is 1.86. The highest BCUT2D eigenvalue weighted by Crippen LogP contribution is 2.17. The minimum absolute atomic E-state index is 0.238. The molecule has 1 N–H and O–H groups in total. The van der Waals surface area contributed by atoms with Gasteiger partial charge in [0, 0.05) is 10.7 Å². The van der Waals surface area contributed by atoms with Gasteiger partial charge in [-0.15, -0.1) is 0 Å². The molecule has 0 saturated heterocycles. The molecule has 6 nitrogen and oxygen atoms in total. The van der Waals surface area contributed by atoms with E-state index in [1.807, 2.05) is 0 Å². The van der Waals surface area contributed by atoms with Gasteiger partial charge in [0.15, 0.2) is 6.10 Å². The van der Waals surface area contributed by atoms with Crippen molar-refractivity contribution in [1.29, 1.82) is 0 Å². The van der Waals surface area contributed by atoms with Crippen molar-refractivity contribution >= 4 is 29.2 Å². The van der Waals surface area contributed by atoms with E-state index in [0.29, 0.717) is 22.2 Å². The van der Waals surface area contributed by atoms with Crippen LogP contribution in [0.25, 0.3) is 0 Å². The van der Waals surface area contributed by atoms with Crippen LogP contribution in [0.2, 0.25) is 5.02 Å². The predicted molar refractivity (Wildman–Crippen MR) is 80.9 cm³/mol. The Morgan fingerprint density at radius 3 is 2.68 bits per heavy atom. The van der Waals surface area contributed by atoms with E-state index in [1.54, 1.807) is 38.1 Å². The third-order valence-electron chi connectivity index (χ3n) is 2.98. The molecule has 1 amide bonds. The first-order valence-corrected chi connectivity index (χ1v) is 6.96. The van der Waals surface area contributed by atoms with Gasteiger partial charge in [-0.05, 0) is 39.0 Å². The van der Waals surface area contributed by atoms with Crippen LogP contribution >= 0.6 is 11.6 Å². The Morgan fingerprint density at radius 2 is 2.09 bits per heavy atom. The number of amides is 1. The zero-order valence-electron chi connectivity index (χ0n) is 12.3. The van der Waals surface area contributed by atoms with E-state index in [2.05, 4.69) is 10.5 Å². The average Bonchev–Trinajstić information content (AvgIpc) is 2.78. The number of ether oxygens (including phenoxy) is 1. The number of carbonyl (C=O) groups is 2. The molecule has 0 bridgehead atoms. The van der Waals surface area contributed by atoms with E-state index < -0.39 is 18.0 Å². The summed E-state index contributed by atoms with van der Waals surface area (Å²) in [6, 6.07) is 6.69. The monoisotopic (exact) mass is 322 g/mol. The number of esters is 1. The molecule has 1 heterocycles. The Labute approximate surface area is 132 Å². The van der Waals surface area contributed by atoms with Gasteiger partial charge in [-0.25, -0.2) is 4.79 Å². The number of rotatable bonds is 4. The lowest BCUT2D eigenvalue weighted by molar-refractivity contribution is -0.123. The first-order valence-electron chi connectivity index (χ1n) is 6.58. The van der Waals surface area contributed by atoms with Crippen molar-refractivity contribution < 1.29 is 18.8 Å². The minimum Gasteiger partial charge on any atom is -0.449 e. The molecule has 0 aliphatic heterocycles. The summed E-state index contributed by atoms with van der Waals surface area (Å²) in [6.07, 6.45) is -0.972. The van der Waals surface area contributed by atoms with Crippen LogP contribution in [0.1, 0.15) is 28.7 Å². The summed E-state index contributed by atoms with van der Waals surface area (Å²) < 4.78 is 10.0. The maximum atomic E-state index is 12.0. The third-order valence-corrected chi connectivity index (χ3v) is 3.22. The normalized spacial score (nSPS) is 11.8. The van der Waals surface area contributed by atoms with Crippen molar-refractivity contribution in [2.45, 2.75) is 26.9 Å². The number of halogens is 1. The van der Waals surface area contributed by atoms with Crippen LogP contribution in [0.5, 0.6) is 0 Å². The number of benzene rings is 1. The van der Waals surface area contributed by atoms with Gasteiger partial charge < -0.3 is 14.6 Å². The number of aromatic nitrogens is 1. The Hall–Kier alpha value is -2.34. The number of carbonyl (C=O) groups excluding carboxylic acids is 2. The van der Waals surface area contributed by atoms with Crippen LogP contribution in [-0.4, -0.2) is 23.1 Å². The van der Waals surface area contributed by atoms with Crippen LogP contribution in [0, 0.1) is 13.8 Å². The second-order valence-corrected chi connectivity index (χ2v) is 5.18. The number of hydrogen-bond acceptors (Lipinski definition) is 5. The SMILES string of the molecule is Cc1noc(C)c1C(=O)O[C@@H](C)C(=O)Nc1cccc(Cl)c1. The van der Waals surface area contributed by atoms with Gasteiger partial charge in [-0.2, -0.15) is 0 Å². The molecule has 0 fully saturated rings. The second-order valence-electron chi connectivity index (χ2n) is 4.75. The van der Waals surface area contributed by atoms with Gasteiger partial charge in [0.05, 0.1) is 5.69 Å². The lowest BCUT2D eigenvalue weighted by Crippen LogP contribution is -2.30. The number of anilines is 1. The van der Waals surface area contributed by atoms with Crippen LogP contribution in [0.4, 0.5) is 5.69 Å². The molecule has 1 atom stereocenters. The van der Waals surface area contributed by atoms with E-state index >= 15 is 0 Å². The smallest absolute Gasteiger partial charge is 0.344 e. The molecule has 0 radical (unpaired) electrons. The highest BCUT2D eigenvalue weighted by molar-refractivity contribution is 6.30. The summed E-state index contributed by atoms with van der Waals surface area (Å²) in [4.78, 5) is 24.1. The van der Waals surface area contributed by atoms with E-state index in [1.165, 1.54) is 6.92 Å². The quantitative estimate of drug-likeness (QED) is 0.874. The van der Waals surface area contributed by atoms with Crippen molar-refractivity contribution in [1.82, 2.24) is 5.16 Å². The minimum atomic E-state index is -0.972. The Kier molecular flexibility index (Phi) is 4.82. The lowest BCUT2D eigenvalue weighted by Gasteiger charge is -2.13. The summed E-state index contributed by atoms with van der Waals surface area (Å²) in [5.74, 6) is -0.752. The van der Waals surface area contributed by atoms with Gasteiger partial charge in [-0.3, -0.25) is 4.79 Å². The number of nitrogens with zero attached hydrogens (tertiary/aromatic N) is 1. The largest absolute Gasteiger partial charge is 0.449 e. The molecule has 22 heavy (non-hydrogen) atoms. The standard InChI is InChI=1S/C15H15ClN2O4/c1-8-13(9(2)22-18-8)15(20)21-10(3)14(19)17-12-6-4-5-11(16)7-12/h4-7,10H,1-3H3,(H,17,19)/t10-/m0/s1. The Balaban J connectivity index is 2.01. The van der Waals surface area contributed by atoms with Crippen LogP contribution in [-0.2, 0) is 9.53 Å². The molecule has 0 aliphatic rings. The van der Waals surface area contributed by atoms with Crippen molar-refractivity contribution in [3.63, 3.8) is 0 Å². The van der Waals surface area contributed by atoms with Crippen LogP contribution in [0.3, 0.4) is 0 Å². The summed E-state index contributed by atoms with van der Waals surface area (Å²) in [5, 5.41) is 6.80. The van der Waals surface area contributed by atoms with Crippen LogP contribution < -0.4 is 5.32 Å². The molecule has 2 rings (SSSR count). The van der Waals surface area contributed by atoms with Crippen molar-refractivity contribution in [2.24, 2.45) is 0 Å². The van der Waals surface area contributed by atoms with Gasteiger partial charge in [-0.1, -0.05) is 22.8 Å². The number of nitrogens with one attached hydrogen (secondary N) is 1. The molecule has 2 aromatic rings. The lowest BCUT2D eigenvalue weighted by atomic mass is 10.2. The average molecular weight is 323 g/mol. The number of aryl methyl sites for hydroxylation is 2.